The van der Waals surface area contributed by atoms with Crippen molar-refractivity contribution < 1.29 is 19.2 Å². The van der Waals surface area contributed by atoms with Gasteiger partial charge in [0.2, 0.25) is 12.3 Å². The molecular weight excluding hydrogens is 296 g/mol. The molecule has 124 valence electrons. The molecule has 23 heavy (non-hydrogen) atoms. The second-order valence-corrected chi connectivity index (χ2v) is 4.91. The summed E-state index contributed by atoms with van der Waals surface area (Å²) in [5, 5.41) is 2.02. The number of benzene rings is 1. The summed E-state index contributed by atoms with van der Waals surface area (Å²) in [4.78, 5) is 48.3. The molecule has 1 aliphatic rings. The Labute approximate surface area is 135 Å². The molecule has 1 aliphatic heterocycles. The van der Waals surface area contributed by atoms with Crippen LogP contribution in [0.3, 0.4) is 0 Å². The van der Waals surface area contributed by atoms with Gasteiger partial charge in [0.15, 0.2) is 0 Å². The first-order valence-corrected chi connectivity index (χ1v) is 7.74. The smallest absolute Gasteiger partial charge is 0.262 e. The van der Waals surface area contributed by atoms with Crippen molar-refractivity contribution in [1.82, 2.24) is 10.2 Å². The van der Waals surface area contributed by atoms with Gasteiger partial charge in [0.1, 0.15) is 6.04 Å². The van der Waals surface area contributed by atoms with Crippen LogP contribution in [0.25, 0.3) is 0 Å². The van der Waals surface area contributed by atoms with Crippen molar-refractivity contribution in [2.24, 2.45) is 0 Å². The molecule has 1 N–H and O–H groups in total. The number of fused-ring (bicyclic) bond motifs is 1. The van der Waals surface area contributed by atoms with Crippen molar-refractivity contribution in [3.05, 3.63) is 34.9 Å². The van der Waals surface area contributed by atoms with Crippen LogP contribution in [0.4, 0.5) is 0 Å². The average Bonchev–Trinajstić information content (AvgIpc) is 2.80. The lowest BCUT2D eigenvalue weighted by Gasteiger charge is -2.24. The van der Waals surface area contributed by atoms with Gasteiger partial charge in [-0.1, -0.05) is 39.3 Å². The predicted molar refractivity (Wildman–Crippen MR) is 85.9 cm³/mol. The maximum absolute atomic E-state index is 12.5. The Kier molecular flexibility index (Phi) is 6.63. The summed E-state index contributed by atoms with van der Waals surface area (Å²) < 4.78 is 0. The summed E-state index contributed by atoms with van der Waals surface area (Å²) in [6, 6.07) is 4.05. The van der Waals surface area contributed by atoms with Crippen LogP contribution in [0.1, 0.15) is 59.9 Å². The van der Waals surface area contributed by atoms with Gasteiger partial charge in [-0.25, -0.2) is 0 Å². The first-order chi connectivity index (χ1) is 11.0. The topological polar surface area (TPSA) is 83.6 Å². The van der Waals surface area contributed by atoms with Crippen LogP contribution >= 0.6 is 0 Å². The van der Waals surface area contributed by atoms with Gasteiger partial charge in [0.25, 0.3) is 11.8 Å². The Morgan fingerprint density at radius 1 is 1.26 bits per heavy atom. The van der Waals surface area contributed by atoms with Crippen molar-refractivity contribution in [3.8, 4) is 0 Å². The minimum atomic E-state index is -0.966. The van der Waals surface area contributed by atoms with Gasteiger partial charge in [-0.05, 0) is 25.0 Å². The van der Waals surface area contributed by atoms with Crippen LogP contribution < -0.4 is 5.32 Å². The summed E-state index contributed by atoms with van der Waals surface area (Å²) in [6.07, 6.45) is 1.17. The minimum Gasteiger partial charge on any atom is -0.297 e. The average molecular weight is 318 g/mol. The second kappa shape index (κ2) is 8.22. The second-order valence-electron chi connectivity index (χ2n) is 4.91. The fourth-order valence-corrected chi connectivity index (χ4v) is 2.56. The molecule has 0 saturated carbocycles. The van der Waals surface area contributed by atoms with Gasteiger partial charge in [-0.3, -0.25) is 29.4 Å². The maximum atomic E-state index is 12.5. The molecule has 4 amide bonds. The zero-order valence-electron chi connectivity index (χ0n) is 13.9. The summed E-state index contributed by atoms with van der Waals surface area (Å²) in [7, 11) is 0. The molecule has 6 heteroatoms. The van der Waals surface area contributed by atoms with Crippen molar-refractivity contribution in [1.29, 1.82) is 0 Å². The summed E-state index contributed by atoms with van der Waals surface area (Å²) in [6.45, 7) is 7.58. The lowest BCUT2D eigenvalue weighted by atomic mass is 10.0. The van der Waals surface area contributed by atoms with Gasteiger partial charge < -0.3 is 0 Å². The van der Waals surface area contributed by atoms with E-state index in [4.69, 9.17) is 0 Å². The number of nitrogens with zero attached hydrogens (tertiary/aromatic N) is 1. The van der Waals surface area contributed by atoms with Crippen LogP contribution in [0, 0.1) is 6.92 Å². The number of carbonyl (C=O) groups excluding carboxylic acids is 4. The molecule has 0 spiro atoms. The van der Waals surface area contributed by atoms with Gasteiger partial charge in [-0.15, -0.1) is 0 Å². The van der Waals surface area contributed by atoms with Gasteiger partial charge in [0.05, 0.1) is 11.1 Å². The van der Waals surface area contributed by atoms with Crippen LogP contribution in [-0.2, 0) is 9.59 Å². The molecule has 1 unspecified atom stereocenters. The van der Waals surface area contributed by atoms with E-state index in [1.165, 1.54) is 0 Å². The number of amides is 4. The molecule has 0 saturated heterocycles. The molecule has 1 aromatic carbocycles. The van der Waals surface area contributed by atoms with Crippen LogP contribution in [0.2, 0.25) is 0 Å². The number of carbonyl (C=O) groups is 4. The van der Waals surface area contributed by atoms with Gasteiger partial charge in [0, 0.05) is 0 Å². The highest BCUT2D eigenvalue weighted by Crippen LogP contribution is 2.28. The van der Waals surface area contributed by atoms with E-state index in [1.54, 1.807) is 25.1 Å². The number of hydrogen-bond acceptors (Lipinski definition) is 4. The van der Waals surface area contributed by atoms with Crippen LogP contribution in [-0.4, -0.2) is 35.1 Å². The zero-order chi connectivity index (χ0) is 17.6. The highest BCUT2D eigenvalue weighted by Gasteiger charge is 2.42. The molecule has 0 radical (unpaired) electrons. The van der Waals surface area contributed by atoms with Crippen molar-refractivity contribution >= 4 is 24.1 Å². The summed E-state index contributed by atoms with van der Waals surface area (Å²) in [5.74, 6) is -1.61. The molecule has 1 atom stereocenters. The van der Waals surface area contributed by atoms with E-state index < -0.39 is 23.8 Å². The van der Waals surface area contributed by atoms with E-state index in [0.29, 0.717) is 29.5 Å². The number of hydrogen-bond donors (Lipinski definition) is 1. The minimum absolute atomic E-state index is 0.258. The quantitative estimate of drug-likeness (QED) is 0.665. The number of imide groups is 2. The number of aryl methyl sites for hydroxylation is 1. The molecule has 1 aromatic rings. The molecule has 6 nitrogen and oxygen atoms in total. The Morgan fingerprint density at radius 3 is 2.43 bits per heavy atom. The predicted octanol–water partition coefficient (Wildman–Crippen LogP) is 2.06. The fourth-order valence-electron chi connectivity index (χ4n) is 2.56. The molecule has 0 fully saturated rings. The SMILES string of the molecule is CC.CCCC(C(=O)NC=O)N1C(=O)c2cccc(C)c2C1=O. The Bertz CT molecular complexity index is 625. The summed E-state index contributed by atoms with van der Waals surface area (Å²) >= 11 is 0. The van der Waals surface area contributed by atoms with E-state index in [-0.39, 0.29) is 6.41 Å². The summed E-state index contributed by atoms with van der Waals surface area (Å²) in [5.41, 5.74) is 1.34. The van der Waals surface area contributed by atoms with Gasteiger partial charge in [-0.2, -0.15) is 0 Å². The molecule has 0 bridgehead atoms. The molecular formula is C17H22N2O4. The highest BCUT2D eigenvalue weighted by molar-refractivity contribution is 6.23. The highest BCUT2D eigenvalue weighted by atomic mass is 16.2. The third-order valence-corrected chi connectivity index (χ3v) is 3.53. The third-order valence-electron chi connectivity index (χ3n) is 3.53. The Hall–Kier alpha value is -2.50. The molecule has 0 aromatic heterocycles. The first kappa shape index (κ1) is 18.5. The lowest BCUT2D eigenvalue weighted by Crippen LogP contribution is -2.49. The fraction of sp³-hybridized carbons (Fsp3) is 0.412. The zero-order valence-corrected chi connectivity index (χ0v) is 13.9. The van der Waals surface area contributed by atoms with E-state index in [2.05, 4.69) is 0 Å². The van der Waals surface area contributed by atoms with Crippen molar-refractivity contribution in [2.45, 2.75) is 46.6 Å². The van der Waals surface area contributed by atoms with Crippen LogP contribution in [0.5, 0.6) is 0 Å². The third kappa shape index (κ3) is 3.47. The largest absolute Gasteiger partial charge is 0.297 e. The standard InChI is InChI=1S/C15H16N2O4.C2H6/c1-3-5-11(13(19)16-8-18)17-14(20)10-7-4-6-9(2)12(10)15(17)21;1-2/h4,6-8,11H,3,5H2,1-2H3,(H,16,18,19);1-2H3. The molecule has 0 aliphatic carbocycles. The Balaban J connectivity index is 0.00000127. The molecule has 1 heterocycles. The van der Waals surface area contributed by atoms with Gasteiger partial charge >= 0.3 is 0 Å². The number of nitrogens with one attached hydrogen (secondary N) is 1. The van der Waals surface area contributed by atoms with E-state index in [1.807, 2.05) is 26.1 Å². The number of rotatable bonds is 5. The monoisotopic (exact) mass is 318 g/mol. The van der Waals surface area contributed by atoms with Crippen molar-refractivity contribution in [3.63, 3.8) is 0 Å². The lowest BCUT2D eigenvalue weighted by molar-refractivity contribution is -0.128. The Morgan fingerprint density at radius 2 is 1.91 bits per heavy atom. The first-order valence-electron chi connectivity index (χ1n) is 7.74. The van der Waals surface area contributed by atoms with E-state index in [9.17, 15) is 19.2 Å². The normalized spacial score (nSPS) is 13.8. The van der Waals surface area contributed by atoms with E-state index >= 15 is 0 Å². The molecule has 2 rings (SSSR count). The maximum Gasteiger partial charge on any atom is 0.262 e. The van der Waals surface area contributed by atoms with Crippen LogP contribution in [0.15, 0.2) is 18.2 Å². The van der Waals surface area contributed by atoms with E-state index in [0.717, 1.165) is 4.90 Å². The van der Waals surface area contributed by atoms with Crippen molar-refractivity contribution in [2.75, 3.05) is 0 Å².